The number of rotatable bonds is 4. The fourth-order valence-corrected chi connectivity index (χ4v) is 1.88. The van der Waals surface area contributed by atoms with Crippen LogP contribution in [0.5, 0.6) is 0 Å². The Balaban J connectivity index is 1.95. The summed E-state index contributed by atoms with van der Waals surface area (Å²) < 4.78 is 6.64. The molecule has 0 radical (unpaired) electrons. The predicted molar refractivity (Wildman–Crippen MR) is 79.0 cm³/mol. The van der Waals surface area contributed by atoms with Crippen LogP contribution in [0.1, 0.15) is 5.76 Å². The fourth-order valence-electron chi connectivity index (χ4n) is 1.71. The lowest BCUT2D eigenvalue weighted by atomic mass is 10.3. The molecule has 3 heterocycles. The minimum atomic E-state index is -0.623. The van der Waals surface area contributed by atoms with E-state index in [1.165, 1.54) is 23.0 Å². The van der Waals surface area contributed by atoms with Gasteiger partial charge in [0.05, 0.1) is 12.3 Å². The van der Waals surface area contributed by atoms with E-state index in [0.717, 1.165) is 5.56 Å². The number of H-pyrrole nitrogens is 1. The maximum absolute atomic E-state index is 10.6. The first kappa shape index (κ1) is 13.8. The molecule has 1 N–H and O–H groups in total. The SMILES string of the molecule is O=[N+]([O-])c1ccc(/C=N\n2c(-c3cccnc3)n[nH]c2=S)o1. The van der Waals surface area contributed by atoms with E-state index in [1.807, 2.05) is 6.07 Å². The van der Waals surface area contributed by atoms with Crippen LogP contribution >= 0.6 is 12.2 Å². The van der Waals surface area contributed by atoms with Gasteiger partial charge in [0.2, 0.25) is 4.77 Å². The third-order valence-electron chi connectivity index (χ3n) is 2.66. The average molecular weight is 316 g/mol. The van der Waals surface area contributed by atoms with Gasteiger partial charge in [-0.05, 0) is 30.4 Å². The number of aromatic nitrogens is 4. The van der Waals surface area contributed by atoms with Crippen LogP contribution in [0.15, 0.2) is 46.2 Å². The van der Waals surface area contributed by atoms with Crippen LogP contribution in [0.2, 0.25) is 0 Å². The second-order valence-corrected chi connectivity index (χ2v) is 4.47. The summed E-state index contributed by atoms with van der Waals surface area (Å²) in [5.74, 6) is 0.340. The van der Waals surface area contributed by atoms with E-state index in [0.29, 0.717) is 5.82 Å². The Morgan fingerprint density at radius 2 is 2.32 bits per heavy atom. The van der Waals surface area contributed by atoms with Crippen molar-refractivity contribution in [1.82, 2.24) is 19.9 Å². The number of nitrogens with zero attached hydrogens (tertiary/aromatic N) is 5. The van der Waals surface area contributed by atoms with Gasteiger partial charge in [-0.25, -0.2) is 5.10 Å². The van der Waals surface area contributed by atoms with Crippen molar-refractivity contribution in [3.63, 3.8) is 0 Å². The van der Waals surface area contributed by atoms with Gasteiger partial charge in [0.15, 0.2) is 11.6 Å². The third kappa shape index (κ3) is 2.67. The Kier molecular flexibility index (Phi) is 3.58. The molecule has 0 unspecified atom stereocenters. The third-order valence-corrected chi connectivity index (χ3v) is 2.93. The molecular weight excluding hydrogens is 308 g/mol. The van der Waals surface area contributed by atoms with Gasteiger partial charge < -0.3 is 4.42 Å². The minimum absolute atomic E-state index is 0.229. The van der Waals surface area contributed by atoms with E-state index >= 15 is 0 Å². The molecule has 0 aliphatic carbocycles. The maximum Gasteiger partial charge on any atom is 0.433 e. The Morgan fingerprint density at radius 1 is 1.45 bits per heavy atom. The van der Waals surface area contributed by atoms with Crippen molar-refractivity contribution in [2.45, 2.75) is 0 Å². The van der Waals surface area contributed by atoms with Gasteiger partial charge in [-0.2, -0.15) is 14.9 Å². The summed E-state index contributed by atoms with van der Waals surface area (Å²) in [6.45, 7) is 0. The number of furan rings is 1. The van der Waals surface area contributed by atoms with Crippen molar-refractivity contribution in [1.29, 1.82) is 0 Å². The van der Waals surface area contributed by atoms with Gasteiger partial charge >= 0.3 is 5.88 Å². The summed E-state index contributed by atoms with van der Waals surface area (Å²) >= 11 is 5.11. The van der Waals surface area contributed by atoms with Crippen LogP contribution in [-0.4, -0.2) is 31.0 Å². The Morgan fingerprint density at radius 3 is 3.00 bits per heavy atom. The van der Waals surface area contributed by atoms with Crippen molar-refractivity contribution >= 4 is 24.3 Å². The molecule has 0 saturated carbocycles. The summed E-state index contributed by atoms with van der Waals surface area (Å²) in [7, 11) is 0. The standard InChI is InChI=1S/C12H8N6O3S/c19-18(20)10-4-3-9(21-10)7-14-17-11(15-16-12(17)22)8-2-1-5-13-6-8/h1-7H,(H,16,22)/b14-7-. The first-order valence-corrected chi connectivity index (χ1v) is 6.42. The van der Waals surface area contributed by atoms with E-state index in [-0.39, 0.29) is 16.4 Å². The van der Waals surface area contributed by atoms with Crippen LogP contribution < -0.4 is 0 Å². The van der Waals surface area contributed by atoms with Crippen molar-refractivity contribution in [3.05, 3.63) is 57.3 Å². The number of aromatic amines is 1. The molecule has 0 saturated heterocycles. The van der Waals surface area contributed by atoms with E-state index < -0.39 is 4.92 Å². The minimum Gasteiger partial charge on any atom is -0.400 e. The van der Waals surface area contributed by atoms with Crippen LogP contribution in [0.4, 0.5) is 5.88 Å². The van der Waals surface area contributed by atoms with Crippen molar-refractivity contribution in [3.8, 4) is 11.4 Å². The monoisotopic (exact) mass is 316 g/mol. The Labute approximate surface area is 128 Å². The summed E-state index contributed by atoms with van der Waals surface area (Å²) in [6, 6.07) is 6.26. The number of hydrogen-bond acceptors (Lipinski definition) is 7. The second kappa shape index (κ2) is 5.69. The molecule has 0 spiro atoms. The summed E-state index contributed by atoms with van der Waals surface area (Å²) in [6.07, 6.45) is 4.58. The smallest absolute Gasteiger partial charge is 0.400 e. The molecule has 0 fully saturated rings. The molecule has 0 atom stereocenters. The van der Waals surface area contributed by atoms with E-state index in [4.69, 9.17) is 16.6 Å². The van der Waals surface area contributed by atoms with Gasteiger partial charge in [-0.15, -0.1) is 0 Å². The average Bonchev–Trinajstić information content (AvgIpc) is 3.13. The van der Waals surface area contributed by atoms with Crippen LogP contribution in [0.3, 0.4) is 0 Å². The molecule has 110 valence electrons. The molecule has 0 aromatic carbocycles. The van der Waals surface area contributed by atoms with Crippen LogP contribution in [0, 0.1) is 14.9 Å². The zero-order chi connectivity index (χ0) is 15.5. The fraction of sp³-hybridized carbons (Fsp3) is 0. The highest BCUT2D eigenvalue weighted by molar-refractivity contribution is 7.71. The molecular formula is C12H8N6O3S. The lowest BCUT2D eigenvalue weighted by Gasteiger charge is -1.99. The lowest BCUT2D eigenvalue weighted by molar-refractivity contribution is -0.402. The number of pyridine rings is 1. The van der Waals surface area contributed by atoms with Gasteiger partial charge in [-0.1, -0.05) is 0 Å². The molecule has 22 heavy (non-hydrogen) atoms. The first-order valence-electron chi connectivity index (χ1n) is 6.01. The lowest BCUT2D eigenvalue weighted by Crippen LogP contribution is -1.94. The largest absolute Gasteiger partial charge is 0.433 e. The van der Waals surface area contributed by atoms with Gasteiger partial charge in [0.1, 0.15) is 4.92 Å². The molecule has 9 nitrogen and oxygen atoms in total. The summed E-state index contributed by atoms with van der Waals surface area (Å²) in [4.78, 5) is 13.9. The van der Waals surface area contributed by atoms with Gasteiger partial charge in [0, 0.05) is 18.0 Å². The molecule has 10 heteroatoms. The first-order chi connectivity index (χ1) is 10.6. The quantitative estimate of drug-likeness (QED) is 0.342. The molecule has 0 aliphatic rings. The highest BCUT2D eigenvalue weighted by atomic mass is 32.1. The number of hydrogen-bond donors (Lipinski definition) is 1. The zero-order valence-corrected chi connectivity index (χ0v) is 11.7. The Bertz CT molecular complexity index is 895. The predicted octanol–water partition coefficient (Wildman–Crippen LogP) is 2.39. The second-order valence-electron chi connectivity index (χ2n) is 4.08. The van der Waals surface area contributed by atoms with Crippen molar-refractivity contribution in [2.75, 3.05) is 0 Å². The highest BCUT2D eigenvalue weighted by Crippen LogP contribution is 2.16. The summed E-state index contributed by atoms with van der Waals surface area (Å²) in [5.41, 5.74) is 0.720. The van der Waals surface area contributed by atoms with Gasteiger partial charge in [0.25, 0.3) is 0 Å². The van der Waals surface area contributed by atoms with Crippen LogP contribution in [0.25, 0.3) is 11.4 Å². The van der Waals surface area contributed by atoms with E-state index in [9.17, 15) is 10.1 Å². The molecule has 3 aromatic rings. The topological polar surface area (TPSA) is 115 Å². The summed E-state index contributed by atoms with van der Waals surface area (Å²) in [5, 5.41) is 21.4. The Hall–Kier alpha value is -3.14. The number of nitrogens with one attached hydrogen (secondary N) is 1. The highest BCUT2D eigenvalue weighted by Gasteiger charge is 2.11. The molecule has 0 aliphatic heterocycles. The van der Waals surface area contributed by atoms with Crippen molar-refractivity contribution < 1.29 is 9.34 Å². The molecule has 0 amide bonds. The maximum atomic E-state index is 10.6. The van der Waals surface area contributed by atoms with E-state index in [1.54, 1.807) is 18.5 Å². The normalized spacial score (nSPS) is 11.1. The molecule has 3 aromatic heterocycles. The molecule has 3 rings (SSSR count). The van der Waals surface area contributed by atoms with Gasteiger partial charge in [-0.3, -0.25) is 15.1 Å². The van der Waals surface area contributed by atoms with Crippen molar-refractivity contribution in [2.24, 2.45) is 5.10 Å². The van der Waals surface area contributed by atoms with Crippen LogP contribution in [-0.2, 0) is 0 Å². The zero-order valence-electron chi connectivity index (χ0n) is 10.9. The molecule has 0 bridgehead atoms. The number of nitro groups is 1. The van der Waals surface area contributed by atoms with E-state index in [2.05, 4.69) is 20.3 Å².